The number of nitrogens with zero attached hydrogens (tertiary/aromatic N) is 4. The maximum Gasteiger partial charge on any atom is 0.137 e. The fourth-order valence-corrected chi connectivity index (χ4v) is 10.5. The summed E-state index contributed by atoms with van der Waals surface area (Å²) in [5, 5.41) is 2.32. The third-order valence-corrected chi connectivity index (χ3v) is 14.2. The summed E-state index contributed by atoms with van der Waals surface area (Å²) in [5.74, 6) is 3.25. The molecule has 0 radical (unpaired) electrons. The smallest absolute Gasteiger partial charge is 0.137 e. The first-order valence-corrected chi connectivity index (χ1v) is 25.1. The van der Waals surface area contributed by atoms with E-state index < -0.39 is 0 Å². The van der Waals surface area contributed by atoms with E-state index in [1.807, 2.05) is 18.3 Å². The molecule has 0 saturated heterocycles. The summed E-state index contributed by atoms with van der Waals surface area (Å²) in [6.07, 6.45) is 1.93. The number of hydrogen-bond acceptors (Lipinski definition) is 4. The minimum absolute atomic E-state index is 0.0345. The third-order valence-electron chi connectivity index (χ3n) is 14.2. The van der Waals surface area contributed by atoms with Crippen molar-refractivity contribution >= 4 is 44.6 Å². The van der Waals surface area contributed by atoms with E-state index in [9.17, 15) is 4.39 Å². The molecule has 7 aromatic carbocycles. The van der Waals surface area contributed by atoms with Crippen LogP contribution < -0.4 is 14.5 Å². The molecule has 0 unspecified atom stereocenters. The van der Waals surface area contributed by atoms with Crippen molar-refractivity contribution in [2.45, 2.75) is 105 Å². The second kappa shape index (κ2) is 18.3. The summed E-state index contributed by atoms with van der Waals surface area (Å²) in [6.45, 7) is 25.6. The molecule has 6 heteroatoms. The molecule has 1 aliphatic rings. The summed E-state index contributed by atoms with van der Waals surface area (Å²) in [4.78, 5) is 9.92. The quantitative estimate of drug-likeness (QED) is 0.129. The highest BCUT2D eigenvalue weighted by atomic mass is 19.1. The van der Waals surface area contributed by atoms with Gasteiger partial charge in [-0.3, -0.25) is 4.57 Å². The van der Waals surface area contributed by atoms with Crippen LogP contribution in [0.1, 0.15) is 128 Å². The van der Waals surface area contributed by atoms with Gasteiger partial charge in [-0.1, -0.05) is 137 Å². The summed E-state index contributed by atoms with van der Waals surface area (Å²) >= 11 is 0. The molecule has 0 fully saturated rings. The molecule has 354 valence electrons. The van der Waals surface area contributed by atoms with Crippen molar-refractivity contribution in [1.29, 1.82) is 0 Å². The molecule has 10 rings (SSSR count). The van der Waals surface area contributed by atoms with Crippen molar-refractivity contribution in [3.05, 3.63) is 191 Å². The highest BCUT2D eigenvalue weighted by Crippen LogP contribution is 2.51. The van der Waals surface area contributed by atoms with Gasteiger partial charge in [-0.2, -0.15) is 0 Å². The average molecular weight is 925 g/mol. The fourth-order valence-electron chi connectivity index (χ4n) is 10.5. The van der Waals surface area contributed by atoms with Crippen LogP contribution in [0.15, 0.2) is 158 Å². The Kier molecular flexibility index (Phi) is 12.2. The van der Waals surface area contributed by atoms with E-state index in [4.69, 9.17) is 9.72 Å². The van der Waals surface area contributed by atoms with Crippen molar-refractivity contribution < 1.29 is 9.13 Å². The van der Waals surface area contributed by atoms with Crippen molar-refractivity contribution in [1.82, 2.24) is 9.55 Å². The third kappa shape index (κ3) is 8.52. The van der Waals surface area contributed by atoms with Crippen LogP contribution in [-0.4, -0.2) is 16.2 Å². The lowest BCUT2D eigenvalue weighted by molar-refractivity contribution is 0.483. The van der Waals surface area contributed by atoms with Crippen LogP contribution in [0.4, 0.5) is 27.1 Å². The van der Waals surface area contributed by atoms with E-state index >= 15 is 0 Å². The highest BCUT2D eigenvalue weighted by Gasteiger charge is 2.33. The van der Waals surface area contributed by atoms with Crippen molar-refractivity contribution in [2.24, 2.45) is 0 Å². The lowest BCUT2D eigenvalue weighted by atomic mass is 9.85. The molecule has 2 aromatic heterocycles. The monoisotopic (exact) mass is 925 g/mol. The second-order valence-corrected chi connectivity index (χ2v) is 21.4. The fraction of sp³-hybridized carbons (Fsp3) is 0.266. The van der Waals surface area contributed by atoms with Gasteiger partial charge in [0.05, 0.1) is 22.4 Å². The van der Waals surface area contributed by atoms with Crippen LogP contribution in [-0.2, 0) is 5.41 Å². The Balaban J connectivity index is 1.14. The van der Waals surface area contributed by atoms with Crippen molar-refractivity contribution in [3.8, 4) is 39.6 Å². The molecule has 0 saturated carbocycles. The Morgan fingerprint density at radius 1 is 0.514 bits per heavy atom. The summed E-state index contributed by atoms with van der Waals surface area (Å²) in [5.41, 5.74) is 17.6. The van der Waals surface area contributed by atoms with E-state index in [0.717, 1.165) is 67.5 Å². The number of hydrogen-bond donors (Lipinski definition) is 0. The minimum atomic E-state index is -0.228. The Morgan fingerprint density at radius 2 is 1.13 bits per heavy atom. The van der Waals surface area contributed by atoms with Crippen LogP contribution >= 0.6 is 0 Å². The molecule has 0 amide bonds. The summed E-state index contributed by atoms with van der Waals surface area (Å²) in [7, 11) is 0. The number of para-hydroxylation sites is 3. The number of benzene rings is 7. The van der Waals surface area contributed by atoms with Gasteiger partial charge in [0.1, 0.15) is 29.8 Å². The molecule has 0 aliphatic carbocycles. The number of anilines is 4. The Bertz CT molecular complexity index is 3350. The number of fused-ring (bicyclic) bond motifs is 4. The number of halogens is 1. The molecular formula is C64H65FN4O. The number of aromatic nitrogens is 2. The van der Waals surface area contributed by atoms with Crippen molar-refractivity contribution in [2.75, 3.05) is 16.5 Å². The summed E-state index contributed by atoms with van der Waals surface area (Å²) in [6, 6.07) is 53.4. The van der Waals surface area contributed by atoms with Gasteiger partial charge in [-0.15, -0.1) is 0 Å². The normalized spacial score (nSPS) is 13.0. The number of pyridine rings is 1. The van der Waals surface area contributed by atoms with E-state index in [1.165, 1.54) is 44.5 Å². The SMILES string of the molecule is CC(C)c1cccc(C(C)C)c1-c1cc(Oc2ccc3c4ccccc4n(-c4cc(C(C)(C)C)ccn4)c3c2)cc(N2CN(c3c(C(C)C)cc(-c4ccc(F)cc4)cc3C(C)C)c3ccccc32)c1. The van der Waals surface area contributed by atoms with E-state index in [1.54, 1.807) is 12.1 Å². The van der Waals surface area contributed by atoms with Crippen LogP contribution in [0.2, 0.25) is 0 Å². The molecule has 1 aliphatic heterocycles. The molecule has 0 atom stereocenters. The Labute approximate surface area is 414 Å². The van der Waals surface area contributed by atoms with Gasteiger partial charge in [0.25, 0.3) is 0 Å². The van der Waals surface area contributed by atoms with Gasteiger partial charge < -0.3 is 14.5 Å². The lowest BCUT2D eigenvalue weighted by Crippen LogP contribution is -2.26. The molecule has 5 nitrogen and oxygen atoms in total. The maximum atomic E-state index is 14.2. The van der Waals surface area contributed by atoms with Crippen molar-refractivity contribution in [3.63, 3.8) is 0 Å². The van der Waals surface area contributed by atoms with Gasteiger partial charge in [-0.25, -0.2) is 9.37 Å². The van der Waals surface area contributed by atoms with Gasteiger partial charge in [0, 0.05) is 40.5 Å². The maximum absolute atomic E-state index is 14.2. The molecule has 70 heavy (non-hydrogen) atoms. The first-order valence-electron chi connectivity index (χ1n) is 25.1. The van der Waals surface area contributed by atoms with Crippen LogP contribution in [0, 0.1) is 5.82 Å². The molecule has 0 spiro atoms. The predicted molar refractivity (Wildman–Crippen MR) is 293 cm³/mol. The Hall–Kier alpha value is -7.18. The van der Waals surface area contributed by atoms with Gasteiger partial charge in [0.2, 0.25) is 0 Å². The average Bonchev–Trinajstić information content (AvgIpc) is 3.89. The molecule has 9 aromatic rings. The number of rotatable bonds is 11. The van der Waals surface area contributed by atoms with Crippen LogP contribution in [0.5, 0.6) is 11.5 Å². The van der Waals surface area contributed by atoms with E-state index in [0.29, 0.717) is 18.5 Å². The Morgan fingerprint density at radius 3 is 1.77 bits per heavy atom. The highest BCUT2D eigenvalue weighted by molar-refractivity contribution is 6.09. The van der Waals surface area contributed by atoms with Gasteiger partial charge >= 0.3 is 0 Å². The molecular weight excluding hydrogens is 860 g/mol. The standard InChI is InChI=1S/C64H65FN4O/c1-39(2)51-18-16-19-52(40(3)4)62(51)45-31-48(36-50(32-45)70-49-27-28-54-53-17-12-13-20-57(53)69(60(54)37-49)61-35-46(29-30-66-61)64(9,10)11)67-38-68(59-22-15-14-21-58(59)67)63-55(41(5)6)33-44(34-56(63)42(7)8)43-23-25-47(65)26-24-43/h12-37,39-42H,38H2,1-11H3. The summed E-state index contributed by atoms with van der Waals surface area (Å²) < 4.78 is 23.6. The molecule has 3 heterocycles. The van der Waals surface area contributed by atoms with Gasteiger partial charge in [0.15, 0.2) is 0 Å². The zero-order chi connectivity index (χ0) is 49.2. The number of ether oxygens (including phenoxy) is 1. The largest absolute Gasteiger partial charge is 0.457 e. The predicted octanol–water partition coefficient (Wildman–Crippen LogP) is 18.5. The topological polar surface area (TPSA) is 33.5 Å². The minimum Gasteiger partial charge on any atom is -0.457 e. The first-order chi connectivity index (χ1) is 33.5. The lowest BCUT2D eigenvalue weighted by Gasteiger charge is -2.30. The molecule has 0 N–H and O–H groups in total. The van der Waals surface area contributed by atoms with E-state index in [-0.39, 0.29) is 23.1 Å². The van der Waals surface area contributed by atoms with Gasteiger partial charge in [-0.05, 0) is 158 Å². The zero-order valence-electron chi connectivity index (χ0n) is 42.6. The first kappa shape index (κ1) is 46.5. The van der Waals surface area contributed by atoms with Crippen LogP contribution in [0.25, 0.3) is 49.9 Å². The van der Waals surface area contributed by atoms with E-state index in [2.05, 4.69) is 218 Å². The zero-order valence-corrected chi connectivity index (χ0v) is 42.6. The second-order valence-electron chi connectivity index (χ2n) is 21.4. The molecule has 0 bridgehead atoms. The van der Waals surface area contributed by atoms with Crippen LogP contribution in [0.3, 0.4) is 0 Å².